The molecule has 5 rings (SSSR count). The standard InChI is InChI=1S/C36H42O11/c1-22(37)42-21-35-27(46-28(40)18-17-25-13-9-7-10-14-25)19-20-34(6,41)36(35)31(44-24(3)39)29(33(4,5)47-36)30(43-23(2)38)32(35)45-26-15-11-8-12-16-26/h7-18,27,29-32,41H,19-21H2,1-6H3/t27-,29+,30+,31+,32+,34-,35-,36+/m0/s1. The number of carbonyl (C=O) groups excluding carboxylic acids is 4. The second-order valence-electron chi connectivity index (χ2n) is 13.2. The summed E-state index contributed by atoms with van der Waals surface area (Å²) >= 11 is 0. The van der Waals surface area contributed by atoms with Crippen LogP contribution in [0.5, 0.6) is 5.75 Å². The van der Waals surface area contributed by atoms with Crippen LogP contribution >= 0.6 is 0 Å². The highest BCUT2D eigenvalue weighted by atomic mass is 16.6. The maximum atomic E-state index is 13.6. The summed E-state index contributed by atoms with van der Waals surface area (Å²) in [4.78, 5) is 51.8. The van der Waals surface area contributed by atoms with Crippen molar-refractivity contribution in [2.24, 2.45) is 11.3 Å². The topological polar surface area (TPSA) is 144 Å². The average molecular weight is 651 g/mol. The van der Waals surface area contributed by atoms with Crippen molar-refractivity contribution in [2.75, 3.05) is 6.61 Å². The van der Waals surface area contributed by atoms with Crippen LogP contribution in [-0.4, -0.2) is 76.8 Å². The SMILES string of the molecule is CC(=O)OC[C@@]12[C@@H](OC(=O)C=Cc3ccccc3)CC[C@](C)(O)[C@@]13OC(C)(C)[C@H]([C@@H](OC(C)=O)[C@H]2Oc1ccccc1)[C@H]3OC(C)=O. The first kappa shape index (κ1) is 34.1. The number of carbonyl (C=O) groups is 4. The molecule has 11 heteroatoms. The predicted molar refractivity (Wildman–Crippen MR) is 168 cm³/mol. The van der Waals surface area contributed by atoms with Gasteiger partial charge in [-0.2, -0.15) is 0 Å². The fraction of sp³-hybridized carbons (Fsp3) is 0.500. The minimum Gasteiger partial charge on any atom is -0.486 e. The van der Waals surface area contributed by atoms with E-state index >= 15 is 0 Å². The Morgan fingerprint density at radius 3 is 2.06 bits per heavy atom. The number of hydrogen-bond donors (Lipinski definition) is 1. The number of aliphatic hydroxyl groups is 1. The second kappa shape index (κ2) is 12.8. The van der Waals surface area contributed by atoms with Crippen LogP contribution in [0.2, 0.25) is 0 Å². The van der Waals surface area contributed by atoms with Crippen molar-refractivity contribution in [2.45, 2.75) is 95.6 Å². The lowest BCUT2D eigenvalue weighted by atomic mass is 9.46. The molecule has 47 heavy (non-hydrogen) atoms. The molecule has 2 aliphatic carbocycles. The van der Waals surface area contributed by atoms with Crippen molar-refractivity contribution in [3.8, 4) is 5.75 Å². The van der Waals surface area contributed by atoms with Gasteiger partial charge in [0.05, 0.1) is 17.1 Å². The monoisotopic (exact) mass is 650 g/mol. The van der Waals surface area contributed by atoms with Gasteiger partial charge in [0.2, 0.25) is 0 Å². The summed E-state index contributed by atoms with van der Waals surface area (Å²) < 4.78 is 37.8. The first-order chi connectivity index (χ1) is 22.1. The minimum absolute atomic E-state index is 0.0476. The summed E-state index contributed by atoms with van der Waals surface area (Å²) in [5.74, 6) is -3.21. The van der Waals surface area contributed by atoms with Gasteiger partial charge in [0, 0.05) is 26.8 Å². The lowest BCUT2D eigenvalue weighted by molar-refractivity contribution is -0.346. The van der Waals surface area contributed by atoms with Gasteiger partial charge in [0.15, 0.2) is 11.7 Å². The Morgan fingerprint density at radius 1 is 0.851 bits per heavy atom. The van der Waals surface area contributed by atoms with Gasteiger partial charge < -0.3 is 33.5 Å². The molecule has 1 N–H and O–H groups in total. The van der Waals surface area contributed by atoms with Crippen LogP contribution in [0.1, 0.15) is 59.9 Å². The van der Waals surface area contributed by atoms with Crippen molar-refractivity contribution in [3.05, 3.63) is 72.3 Å². The molecular weight excluding hydrogens is 608 g/mol. The zero-order chi connectivity index (χ0) is 34.2. The number of rotatable bonds is 9. The summed E-state index contributed by atoms with van der Waals surface area (Å²) in [5, 5.41) is 12.5. The van der Waals surface area contributed by atoms with E-state index in [1.807, 2.05) is 30.3 Å². The Bertz CT molecular complexity index is 1520. The highest BCUT2D eigenvalue weighted by Gasteiger charge is 2.87. The molecule has 0 unspecified atom stereocenters. The lowest BCUT2D eigenvalue weighted by Gasteiger charge is -2.65. The van der Waals surface area contributed by atoms with Gasteiger partial charge >= 0.3 is 23.9 Å². The Labute approximate surface area is 274 Å². The second-order valence-corrected chi connectivity index (χ2v) is 13.2. The van der Waals surface area contributed by atoms with Crippen molar-refractivity contribution in [3.63, 3.8) is 0 Å². The Balaban J connectivity index is 1.78. The van der Waals surface area contributed by atoms with Crippen molar-refractivity contribution in [1.29, 1.82) is 0 Å². The van der Waals surface area contributed by atoms with E-state index in [9.17, 15) is 24.3 Å². The third kappa shape index (κ3) is 6.02. The molecule has 2 bridgehead atoms. The highest BCUT2D eigenvalue weighted by molar-refractivity contribution is 5.87. The molecule has 11 nitrogen and oxygen atoms in total. The van der Waals surface area contributed by atoms with Crippen LogP contribution in [0.4, 0.5) is 0 Å². The van der Waals surface area contributed by atoms with E-state index in [0.29, 0.717) is 5.75 Å². The number of esters is 4. The third-order valence-corrected chi connectivity index (χ3v) is 9.66. The minimum atomic E-state index is -1.89. The smallest absolute Gasteiger partial charge is 0.331 e. The zero-order valence-corrected chi connectivity index (χ0v) is 27.5. The number of para-hydroxylation sites is 1. The maximum Gasteiger partial charge on any atom is 0.331 e. The quantitative estimate of drug-likeness (QED) is 0.237. The molecule has 1 aliphatic heterocycles. The van der Waals surface area contributed by atoms with Crippen LogP contribution in [0.3, 0.4) is 0 Å². The van der Waals surface area contributed by atoms with Crippen LogP contribution in [-0.2, 0) is 42.9 Å². The average Bonchev–Trinajstić information content (AvgIpc) is 3.20. The van der Waals surface area contributed by atoms with E-state index in [-0.39, 0.29) is 12.8 Å². The van der Waals surface area contributed by atoms with E-state index in [0.717, 1.165) is 5.56 Å². The van der Waals surface area contributed by atoms with Gasteiger partial charge in [0.25, 0.3) is 0 Å². The Morgan fingerprint density at radius 2 is 1.47 bits per heavy atom. The fourth-order valence-electron chi connectivity index (χ4n) is 8.03. The first-order valence-electron chi connectivity index (χ1n) is 15.7. The molecule has 0 radical (unpaired) electrons. The summed E-state index contributed by atoms with van der Waals surface area (Å²) in [7, 11) is 0. The maximum absolute atomic E-state index is 13.6. The highest BCUT2D eigenvalue weighted by Crippen LogP contribution is 2.69. The number of ether oxygens (including phenoxy) is 6. The van der Waals surface area contributed by atoms with E-state index in [4.69, 9.17) is 28.4 Å². The molecule has 1 heterocycles. The van der Waals surface area contributed by atoms with E-state index < -0.39 is 83.0 Å². The van der Waals surface area contributed by atoms with Crippen molar-refractivity contribution in [1.82, 2.24) is 0 Å². The fourth-order valence-corrected chi connectivity index (χ4v) is 8.03. The van der Waals surface area contributed by atoms with Gasteiger partial charge in [-0.25, -0.2) is 4.79 Å². The van der Waals surface area contributed by atoms with E-state index in [2.05, 4.69) is 0 Å². The normalized spacial score (nSPS) is 33.7. The van der Waals surface area contributed by atoms with Gasteiger partial charge in [-0.05, 0) is 57.4 Å². The van der Waals surface area contributed by atoms with Crippen LogP contribution in [0, 0.1) is 11.3 Å². The third-order valence-electron chi connectivity index (χ3n) is 9.66. The molecular formula is C36H42O11. The van der Waals surface area contributed by atoms with E-state index in [1.54, 1.807) is 57.2 Å². The van der Waals surface area contributed by atoms with Crippen molar-refractivity contribution >= 4 is 30.0 Å². The predicted octanol–water partition coefficient (Wildman–Crippen LogP) is 4.19. The van der Waals surface area contributed by atoms with Gasteiger partial charge in [0.1, 0.15) is 36.1 Å². The van der Waals surface area contributed by atoms with Crippen LogP contribution in [0.25, 0.3) is 6.08 Å². The molecule has 2 aromatic rings. The number of hydrogen-bond acceptors (Lipinski definition) is 11. The molecule has 8 atom stereocenters. The Kier molecular flexibility index (Phi) is 9.27. The van der Waals surface area contributed by atoms with E-state index in [1.165, 1.54) is 26.8 Å². The summed E-state index contributed by atoms with van der Waals surface area (Å²) in [6.07, 6.45) is -1.84. The summed E-state index contributed by atoms with van der Waals surface area (Å²) in [6.45, 7) is 8.24. The first-order valence-corrected chi connectivity index (χ1v) is 15.7. The van der Waals surface area contributed by atoms with Gasteiger partial charge in [-0.3, -0.25) is 14.4 Å². The molecule has 1 saturated heterocycles. The van der Waals surface area contributed by atoms with Crippen LogP contribution < -0.4 is 4.74 Å². The zero-order valence-electron chi connectivity index (χ0n) is 27.5. The molecule has 252 valence electrons. The molecule has 3 fully saturated rings. The van der Waals surface area contributed by atoms with Crippen LogP contribution in [0.15, 0.2) is 66.7 Å². The largest absolute Gasteiger partial charge is 0.486 e. The Hall–Kier alpha value is -4.22. The molecule has 3 aliphatic rings. The summed E-state index contributed by atoms with van der Waals surface area (Å²) in [5.41, 5.74) is -5.89. The summed E-state index contributed by atoms with van der Waals surface area (Å²) in [6, 6.07) is 17.9. The molecule has 2 aromatic carbocycles. The lowest BCUT2D eigenvalue weighted by Crippen LogP contribution is -2.84. The van der Waals surface area contributed by atoms with Crippen molar-refractivity contribution < 1.29 is 52.7 Å². The number of fused-ring (bicyclic) bond motifs is 1. The number of benzene rings is 2. The molecule has 2 saturated carbocycles. The van der Waals surface area contributed by atoms with Gasteiger partial charge in [-0.15, -0.1) is 0 Å². The van der Waals surface area contributed by atoms with Gasteiger partial charge in [-0.1, -0.05) is 48.5 Å². The molecule has 0 aromatic heterocycles. The molecule has 0 amide bonds. The molecule has 1 spiro atoms.